The van der Waals surface area contributed by atoms with Crippen LogP contribution in [0.2, 0.25) is 0 Å². The fourth-order valence-electron chi connectivity index (χ4n) is 3.84. The highest BCUT2D eigenvalue weighted by Crippen LogP contribution is 2.32. The van der Waals surface area contributed by atoms with Crippen molar-refractivity contribution in [3.8, 4) is 0 Å². The molecule has 0 spiro atoms. The predicted molar refractivity (Wildman–Crippen MR) is 113 cm³/mol. The molecule has 1 aliphatic carbocycles. The first-order chi connectivity index (χ1) is 13.9. The van der Waals surface area contributed by atoms with Gasteiger partial charge in [0, 0.05) is 25.3 Å². The lowest BCUT2D eigenvalue weighted by atomic mass is 9.91. The van der Waals surface area contributed by atoms with E-state index in [2.05, 4.69) is 59.6 Å². The first-order valence-corrected chi connectivity index (χ1v) is 9.87. The van der Waals surface area contributed by atoms with Crippen molar-refractivity contribution < 1.29 is 9.59 Å². The van der Waals surface area contributed by atoms with Gasteiger partial charge in [0.05, 0.1) is 6.04 Å². The number of aliphatic imine (C=N–C) groups is 2. The number of nitrogens with one attached hydrogen (secondary N) is 2. The summed E-state index contributed by atoms with van der Waals surface area (Å²) in [5.74, 6) is -0.118. The highest BCUT2D eigenvalue weighted by molar-refractivity contribution is 6.69. The summed E-state index contributed by atoms with van der Waals surface area (Å²) < 4.78 is 0. The Morgan fingerprint density at radius 2 is 2.00 bits per heavy atom. The Balaban J connectivity index is 1.56. The minimum Gasteiger partial charge on any atom is -0.325 e. The predicted octanol–water partition coefficient (Wildman–Crippen LogP) is 2.48. The van der Waals surface area contributed by atoms with Crippen LogP contribution in [0.3, 0.4) is 0 Å². The lowest BCUT2D eigenvalue weighted by molar-refractivity contribution is -0.113. The normalized spacial score (nSPS) is 21.1. The van der Waals surface area contributed by atoms with E-state index >= 15 is 0 Å². The van der Waals surface area contributed by atoms with Crippen LogP contribution in [0.25, 0.3) is 0 Å². The minimum absolute atomic E-state index is 0.122. The van der Waals surface area contributed by atoms with Gasteiger partial charge in [0.2, 0.25) is 0 Å². The van der Waals surface area contributed by atoms with Gasteiger partial charge in [0.1, 0.15) is 0 Å². The third kappa shape index (κ3) is 3.78. The van der Waals surface area contributed by atoms with Crippen molar-refractivity contribution in [2.75, 3.05) is 13.1 Å². The molecule has 0 radical (unpaired) electrons. The Hall–Kier alpha value is -3.06. The maximum atomic E-state index is 12.3. The average molecular weight is 391 g/mol. The van der Waals surface area contributed by atoms with Gasteiger partial charge in [-0.3, -0.25) is 15.1 Å². The lowest BCUT2D eigenvalue weighted by Crippen LogP contribution is -2.55. The number of amidine groups is 1. The number of rotatable bonds is 5. The smallest absolute Gasteiger partial charge is 0.325 e. The van der Waals surface area contributed by atoms with E-state index in [1.54, 1.807) is 0 Å². The van der Waals surface area contributed by atoms with Crippen LogP contribution in [-0.4, -0.2) is 47.5 Å². The molecule has 0 aromatic heterocycles. The Kier molecular flexibility index (Phi) is 5.15. The number of hydrogen-bond acceptors (Lipinski definition) is 5. The summed E-state index contributed by atoms with van der Waals surface area (Å²) in [6, 6.07) is 7.51. The molecule has 1 aromatic carbocycles. The van der Waals surface area contributed by atoms with Crippen molar-refractivity contribution in [3.05, 3.63) is 58.3 Å². The Bertz CT molecular complexity index is 1000. The first-order valence-electron chi connectivity index (χ1n) is 9.87. The molecule has 3 aliphatic rings. The van der Waals surface area contributed by atoms with Crippen LogP contribution in [0.1, 0.15) is 31.4 Å². The largest absolute Gasteiger partial charge is 0.349 e. The number of carbonyl (C=O) groups excluding carboxylic acids is 2. The molecule has 1 atom stereocenters. The number of amides is 3. The number of nitrogens with zero attached hydrogens (tertiary/aromatic N) is 3. The molecule has 2 aliphatic heterocycles. The van der Waals surface area contributed by atoms with E-state index in [9.17, 15) is 9.59 Å². The molecule has 1 aromatic rings. The second kappa shape index (κ2) is 7.75. The van der Waals surface area contributed by atoms with Crippen LogP contribution < -0.4 is 10.6 Å². The second-order valence-electron chi connectivity index (χ2n) is 7.68. The SMILES string of the molecule is CC1=C(C)CC2N=C3C(=O)NC(=O)N=C3N(CCNCc3ccccc3C)C2=C1. The van der Waals surface area contributed by atoms with Gasteiger partial charge in [-0.1, -0.05) is 35.4 Å². The Morgan fingerprint density at radius 1 is 1.21 bits per heavy atom. The zero-order chi connectivity index (χ0) is 20.5. The molecule has 7 heteroatoms. The molecule has 4 rings (SSSR count). The number of carbonyl (C=O) groups is 2. The van der Waals surface area contributed by atoms with Gasteiger partial charge in [-0.25, -0.2) is 4.79 Å². The highest BCUT2D eigenvalue weighted by Gasteiger charge is 2.39. The van der Waals surface area contributed by atoms with E-state index in [0.29, 0.717) is 18.9 Å². The van der Waals surface area contributed by atoms with E-state index in [1.165, 1.54) is 22.3 Å². The van der Waals surface area contributed by atoms with E-state index in [4.69, 9.17) is 0 Å². The maximum absolute atomic E-state index is 12.3. The van der Waals surface area contributed by atoms with Crippen molar-refractivity contribution in [1.29, 1.82) is 0 Å². The standard InChI is InChI=1S/C22H25N5O2/c1-13-6-4-5-7-16(13)12-23-8-9-27-18-11-15(3)14(2)10-17(18)24-19-20(27)25-22(29)26-21(19)28/h4-7,11,17,23H,8-10,12H2,1-3H3,(H,26,28,29). The molecule has 3 amide bonds. The third-order valence-electron chi connectivity index (χ3n) is 5.67. The van der Waals surface area contributed by atoms with E-state index in [1.807, 2.05) is 17.0 Å². The van der Waals surface area contributed by atoms with Gasteiger partial charge in [0.25, 0.3) is 5.91 Å². The number of allylic oxidation sites excluding steroid dienone is 2. The number of aryl methyl sites for hydroxylation is 1. The Morgan fingerprint density at radius 3 is 2.79 bits per heavy atom. The molecular weight excluding hydrogens is 366 g/mol. The number of fused-ring (bicyclic) bond motifs is 2. The van der Waals surface area contributed by atoms with Crippen molar-refractivity contribution in [3.63, 3.8) is 0 Å². The van der Waals surface area contributed by atoms with Gasteiger partial charge < -0.3 is 10.2 Å². The molecule has 2 heterocycles. The zero-order valence-corrected chi connectivity index (χ0v) is 17.0. The molecule has 1 unspecified atom stereocenters. The lowest BCUT2D eigenvalue weighted by Gasteiger charge is -2.39. The van der Waals surface area contributed by atoms with E-state index < -0.39 is 11.9 Å². The number of imide groups is 1. The van der Waals surface area contributed by atoms with Crippen LogP contribution in [0, 0.1) is 6.92 Å². The van der Waals surface area contributed by atoms with Crippen molar-refractivity contribution >= 4 is 23.5 Å². The summed E-state index contributed by atoms with van der Waals surface area (Å²) in [7, 11) is 0. The zero-order valence-electron chi connectivity index (χ0n) is 17.0. The molecular formula is C22H25N5O2. The van der Waals surface area contributed by atoms with Gasteiger partial charge in [0.15, 0.2) is 11.5 Å². The number of urea groups is 1. The van der Waals surface area contributed by atoms with Crippen LogP contribution >= 0.6 is 0 Å². The molecule has 0 fully saturated rings. The quantitative estimate of drug-likeness (QED) is 0.755. The minimum atomic E-state index is -0.639. The molecule has 0 bridgehead atoms. The van der Waals surface area contributed by atoms with Crippen molar-refractivity contribution in [1.82, 2.24) is 15.5 Å². The molecule has 150 valence electrons. The summed E-state index contributed by atoms with van der Waals surface area (Å²) in [6.45, 7) is 8.30. The Labute approximate surface area is 170 Å². The highest BCUT2D eigenvalue weighted by atomic mass is 16.2. The van der Waals surface area contributed by atoms with Gasteiger partial charge in [-0.05, 0) is 44.4 Å². The topological polar surface area (TPSA) is 86.2 Å². The van der Waals surface area contributed by atoms with Gasteiger partial charge in [-0.2, -0.15) is 4.99 Å². The molecule has 0 saturated carbocycles. The monoisotopic (exact) mass is 391 g/mol. The second-order valence-corrected chi connectivity index (χ2v) is 7.68. The fraction of sp³-hybridized carbons (Fsp3) is 0.364. The van der Waals surface area contributed by atoms with Crippen molar-refractivity contribution in [2.45, 2.75) is 39.8 Å². The average Bonchev–Trinajstić information content (AvgIpc) is 2.68. The summed E-state index contributed by atoms with van der Waals surface area (Å²) in [4.78, 5) is 34.9. The molecule has 29 heavy (non-hydrogen) atoms. The molecule has 7 nitrogen and oxygen atoms in total. The number of benzene rings is 1. The summed E-state index contributed by atoms with van der Waals surface area (Å²) in [5, 5.41) is 5.70. The summed E-state index contributed by atoms with van der Waals surface area (Å²) in [5.41, 5.74) is 6.20. The first kappa shape index (κ1) is 19.3. The van der Waals surface area contributed by atoms with Gasteiger partial charge >= 0.3 is 6.03 Å². The van der Waals surface area contributed by atoms with Crippen LogP contribution in [-0.2, 0) is 11.3 Å². The van der Waals surface area contributed by atoms with Crippen LogP contribution in [0.15, 0.2) is 57.2 Å². The van der Waals surface area contributed by atoms with E-state index in [0.717, 1.165) is 18.7 Å². The maximum Gasteiger partial charge on any atom is 0.349 e. The van der Waals surface area contributed by atoms with Crippen LogP contribution in [0.4, 0.5) is 4.79 Å². The molecule has 2 N–H and O–H groups in total. The van der Waals surface area contributed by atoms with Crippen molar-refractivity contribution in [2.24, 2.45) is 9.98 Å². The number of hydrogen-bond donors (Lipinski definition) is 2. The third-order valence-corrected chi connectivity index (χ3v) is 5.67. The van der Waals surface area contributed by atoms with E-state index in [-0.39, 0.29) is 11.8 Å². The van der Waals surface area contributed by atoms with Crippen LogP contribution in [0.5, 0.6) is 0 Å². The summed E-state index contributed by atoms with van der Waals surface area (Å²) in [6.07, 6.45) is 2.87. The van der Waals surface area contributed by atoms with Gasteiger partial charge in [-0.15, -0.1) is 0 Å². The fourth-order valence-corrected chi connectivity index (χ4v) is 3.84. The summed E-state index contributed by atoms with van der Waals surface area (Å²) >= 11 is 0. The molecule has 0 saturated heterocycles.